The molecule has 1 heterocycles. The van der Waals surface area contributed by atoms with Crippen molar-refractivity contribution in [1.82, 2.24) is 15.1 Å². The smallest absolute Gasteiger partial charge is 0.407 e. The number of aryl methyl sites for hydroxylation is 1. The van der Waals surface area contributed by atoms with Gasteiger partial charge in [0.2, 0.25) is 0 Å². The van der Waals surface area contributed by atoms with Gasteiger partial charge in [-0.05, 0) is 36.2 Å². The number of halogens is 1. The lowest BCUT2D eigenvalue weighted by Gasteiger charge is -2.23. The van der Waals surface area contributed by atoms with Gasteiger partial charge in [0.1, 0.15) is 11.7 Å². The molecule has 118 valence electrons. The summed E-state index contributed by atoms with van der Waals surface area (Å²) in [7, 11) is 1.67. The van der Waals surface area contributed by atoms with Crippen molar-refractivity contribution in [1.29, 1.82) is 5.26 Å². The molecule has 0 bridgehead atoms. The van der Waals surface area contributed by atoms with E-state index in [2.05, 4.69) is 26.3 Å². The first kappa shape index (κ1) is 19.4. The van der Waals surface area contributed by atoms with E-state index in [-0.39, 0.29) is 6.54 Å². The standard InChI is InChI=1S/C12H17BrN4O2.C2H6/c1-5-12(2,3)19-11(18)15-7-8-10(13)9(6-14)17(4)16-8;1-2/h5,7H2,1-4H3,(H,15,18);1-2H3. The lowest BCUT2D eigenvalue weighted by atomic mass is 10.1. The second kappa shape index (κ2) is 8.67. The highest BCUT2D eigenvalue weighted by Gasteiger charge is 2.21. The fraction of sp³-hybridized carbons (Fsp3) is 0.643. The Morgan fingerprint density at radius 2 is 2.10 bits per heavy atom. The number of ether oxygens (including phenoxy) is 1. The van der Waals surface area contributed by atoms with Crippen LogP contribution in [0.2, 0.25) is 0 Å². The van der Waals surface area contributed by atoms with Crippen molar-refractivity contribution in [3.05, 3.63) is 15.9 Å². The molecule has 0 aliphatic carbocycles. The van der Waals surface area contributed by atoms with Crippen molar-refractivity contribution in [3.63, 3.8) is 0 Å². The molecule has 1 N–H and O–H groups in total. The largest absolute Gasteiger partial charge is 0.444 e. The first-order valence-corrected chi connectivity index (χ1v) is 7.68. The molecule has 21 heavy (non-hydrogen) atoms. The normalized spacial score (nSPS) is 10.2. The zero-order valence-corrected chi connectivity index (χ0v) is 15.0. The van der Waals surface area contributed by atoms with E-state index in [1.54, 1.807) is 7.05 Å². The van der Waals surface area contributed by atoms with Gasteiger partial charge in [0, 0.05) is 7.05 Å². The van der Waals surface area contributed by atoms with Crippen LogP contribution in [0.25, 0.3) is 0 Å². The molecular formula is C14H23BrN4O2. The summed E-state index contributed by atoms with van der Waals surface area (Å²) in [6.45, 7) is 9.84. The average Bonchev–Trinajstić information content (AvgIpc) is 2.72. The summed E-state index contributed by atoms with van der Waals surface area (Å²) < 4.78 is 7.30. The first-order chi connectivity index (χ1) is 9.80. The van der Waals surface area contributed by atoms with Gasteiger partial charge in [-0.1, -0.05) is 20.8 Å². The molecule has 0 atom stereocenters. The molecule has 1 aromatic rings. The van der Waals surface area contributed by atoms with Crippen LogP contribution >= 0.6 is 15.9 Å². The lowest BCUT2D eigenvalue weighted by Crippen LogP contribution is -2.34. The van der Waals surface area contributed by atoms with Crippen LogP contribution in [0.4, 0.5) is 4.79 Å². The van der Waals surface area contributed by atoms with Crippen LogP contribution in [0, 0.1) is 11.3 Å². The Labute approximate surface area is 134 Å². The molecule has 0 unspecified atom stereocenters. The van der Waals surface area contributed by atoms with Crippen LogP contribution in [0.1, 0.15) is 52.4 Å². The molecule has 0 aromatic carbocycles. The number of nitrogens with one attached hydrogen (secondary N) is 1. The van der Waals surface area contributed by atoms with Gasteiger partial charge in [-0.25, -0.2) is 4.79 Å². The van der Waals surface area contributed by atoms with Gasteiger partial charge in [-0.3, -0.25) is 4.68 Å². The zero-order valence-electron chi connectivity index (χ0n) is 13.5. The third-order valence-corrected chi connectivity index (χ3v) is 3.62. The number of alkyl carbamates (subject to hydrolysis) is 1. The predicted molar refractivity (Wildman–Crippen MR) is 84.7 cm³/mol. The number of rotatable bonds is 4. The van der Waals surface area contributed by atoms with E-state index >= 15 is 0 Å². The molecule has 0 saturated heterocycles. The van der Waals surface area contributed by atoms with Gasteiger partial charge in [-0.15, -0.1) is 0 Å². The van der Waals surface area contributed by atoms with Crippen molar-refractivity contribution in [2.24, 2.45) is 7.05 Å². The molecule has 1 amide bonds. The number of aromatic nitrogens is 2. The summed E-state index contributed by atoms with van der Waals surface area (Å²) >= 11 is 3.29. The Kier molecular flexibility index (Phi) is 8.03. The van der Waals surface area contributed by atoms with Gasteiger partial charge in [0.15, 0.2) is 5.69 Å². The van der Waals surface area contributed by atoms with Crippen molar-refractivity contribution in [3.8, 4) is 6.07 Å². The fourth-order valence-corrected chi connectivity index (χ4v) is 1.87. The maximum atomic E-state index is 11.6. The Bertz CT molecular complexity index is 518. The quantitative estimate of drug-likeness (QED) is 0.892. The highest BCUT2D eigenvalue weighted by Crippen LogP contribution is 2.20. The number of amides is 1. The summed E-state index contributed by atoms with van der Waals surface area (Å²) in [6, 6.07) is 2.03. The third kappa shape index (κ3) is 5.76. The highest BCUT2D eigenvalue weighted by molar-refractivity contribution is 9.10. The number of nitrogens with zero attached hydrogens (tertiary/aromatic N) is 3. The predicted octanol–water partition coefficient (Wildman–Crippen LogP) is 3.50. The Morgan fingerprint density at radius 1 is 1.52 bits per heavy atom. The van der Waals surface area contributed by atoms with E-state index < -0.39 is 11.7 Å². The number of nitriles is 1. The van der Waals surface area contributed by atoms with E-state index in [0.29, 0.717) is 15.9 Å². The second-order valence-electron chi connectivity index (χ2n) is 4.70. The number of carbonyl (C=O) groups is 1. The maximum absolute atomic E-state index is 11.6. The number of hydrogen-bond acceptors (Lipinski definition) is 4. The average molecular weight is 359 g/mol. The third-order valence-electron chi connectivity index (χ3n) is 2.78. The number of hydrogen-bond donors (Lipinski definition) is 1. The molecule has 6 nitrogen and oxygen atoms in total. The first-order valence-electron chi connectivity index (χ1n) is 6.89. The van der Waals surface area contributed by atoms with E-state index in [9.17, 15) is 4.79 Å². The van der Waals surface area contributed by atoms with Crippen molar-refractivity contribution in [2.75, 3.05) is 0 Å². The van der Waals surface area contributed by atoms with Gasteiger partial charge >= 0.3 is 6.09 Å². The van der Waals surface area contributed by atoms with Crippen LogP contribution < -0.4 is 5.32 Å². The monoisotopic (exact) mass is 358 g/mol. The van der Waals surface area contributed by atoms with Gasteiger partial charge < -0.3 is 10.1 Å². The molecule has 7 heteroatoms. The molecule has 0 radical (unpaired) electrons. The zero-order chi connectivity index (χ0) is 16.6. The lowest BCUT2D eigenvalue weighted by molar-refractivity contribution is 0.0359. The molecule has 0 aliphatic heterocycles. The Balaban J connectivity index is 0.00000191. The minimum atomic E-state index is -0.497. The molecule has 0 aliphatic rings. The van der Waals surface area contributed by atoms with Crippen LogP contribution in [0.15, 0.2) is 4.47 Å². The Hall–Kier alpha value is -1.55. The molecule has 0 saturated carbocycles. The van der Waals surface area contributed by atoms with Crippen molar-refractivity contribution >= 4 is 22.0 Å². The second-order valence-corrected chi connectivity index (χ2v) is 5.49. The van der Waals surface area contributed by atoms with E-state index in [0.717, 1.165) is 6.42 Å². The summed E-state index contributed by atoms with van der Waals surface area (Å²) in [4.78, 5) is 11.6. The number of carbonyl (C=O) groups excluding carboxylic acids is 1. The summed E-state index contributed by atoms with van der Waals surface area (Å²) in [6.07, 6.45) is 0.231. The summed E-state index contributed by atoms with van der Waals surface area (Å²) in [5.41, 5.74) is 0.507. The molecule has 0 spiro atoms. The molecular weight excluding hydrogens is 336 g/mol. The maximum Gasteiger partial charge on any atom is 0.407 e. The summed E-state index contributed by atoms with van der Waals surface area (Å²) in [5.74, 6) is 0. The topological polar surface area (TPSA) is 79.9 Å². The molecule has 1 rings (SSSR count). The van der Waals surface area contributed by atoms with Crippen LogP contribution in [0.5, 0.6) is 0 Å². The minimum absolute atomic E-state index is 0.203. The molecule has 1 aromatic heterocycles. The molecule has 0 fully saturated rings. The van der Waals surface area contributed by atoms with Crippen molar-refractivity contribution < 1.29 is 9.53 Å². The van der Waals surface area contributed by atoms with Crippen LogP contribution in [-0.4, -0.2) is 21.5 Å². The van der Waals surface area contributed by atoms with Crippen LogP contribution in [0.3, 0.4) is 0 Å². The van der Waals surface area contributed by atoms with Crippen molar-refractivity contribution in [2.45, 2.75) is 53.2 Å². The van der Waals surface area contributed by atoms with Gasteiger partial charge in [-0.2, -0.15) is 10.4 Å². The van der Waals surface area contributed by atoms with Crippen LogP contribution in [-0.2, 0) is 18.3 Å². The summed E-state index contributed by atoms with van der Waals surface area (Å²) in [5, 5.41) is 15.7. The van der Waals surface area contributed by atoms with E-state index in [4.69, 9.17) is 10.00 Å². The van der Waals surface area contributed by atoms with E-state index in [1.807, 2.05) is 40.7 Å². The highest BCUT2D eigenvalue weighted by atomic mass is 79.9. The van der Waals surface area contributed by atoms with E-state index in [1.165, 1.54) is 4.68 Å². The van der Waals surface area contributed by atoms with Gasteiger partial charge in [0.05, 0.1) is 16.7 Å². The SMILES string of the molecule is CC.CCC(C)(C)OC(=O)NCc1nn(C)c(C#N)c1Br. The Morgan fingerprint density at radius 3 is 2.52 bits per heavy atom. The fourth-order valence-electron chi connectivity index (χ4n) is 1.30. The minimum Gasteiger partial charge on any atom is -0.444 e. The van der Waals surface area contributed by atoms with Gasteiger partial charge in [0.25, 0.3) is 0 Å².